The standard InChI is InChI=1S/C11H9ClFNS/c12-10-6-5-9(15-10)11(14)7-3-1-2-4-8(7)13/h1-6,11H,14H2. The normalized spacial score (nSPS) is 12.7. The fourth-order valence-corrected chi connectivity index (χ4v) is 2.46. The summed E-state index contributed by atoms with van der Waals surface area (Å²) in [6.45, 7) is 0. The van der Waals surface area contributed by atoms with E-state index in [0.29, 0.717) is 9.90 Å². The molecule has 1 nitrogen and oxygen atoms in total. The van der Waals surface area contributed by atoms with Crippen LogP contribution in [0.3, 0.4) is 0 Å². The van der Waals surface area contributed by atoms with Gasteiger partial charge in [-0.15, -0.1) is 11.3 Å². The predicted octanol–water partition coefficient (Wildman–Crippen LogP) is 3.59. The van der Waals surface area contributed by atoms with Crippen LogP contribution in [-0.4, -0.2) is 0 Å². The Labute approximate surface area is 96.3 Å². The third-order valence-corrected chi connectivity index (χ3v) is 3.46. The van der Waals surface area contributed by atoms with Crippen molar-refractivity contribution < 1.29 is 4.39 Å². The highest BCUT2D eigenvalue weighted by Crippen LogP contribution is 2.30. The molecule has 0 radical (unpaired) electrons. The fraction of sp³-hybridized carbons (Fsp3) is 0.0909. The Morgan fingerprint density at radius 2 is 1.93 bits per heavy atom. The first-order chi connectivity index (χ1) is 7.18. The molecule has 1 unspecified atom stereocenters. The molecule has 0 spiro atoms. The van der Waals surface area contributed by atoms with Gasteiger partial charge in [0.25, 0.3) is 0 Å². The number of hydrogen-bond acceptors (Lipinski definition) is 2. The molecule has 2 aromatic rings. The van der Waals surface area contributed by atoms with Gasteiger partial charge >= 0.3 is 0 Å². The molecule has 78 valence electrons. The highest BCUT2D eigenvalue weighted by atomic mass is 35.5. The quantitative estimate of drug-likeness (QED) is 0.855. The maximum absolute atomic E-state index is 13.4. The summed E-state index contributed by atoms with van der Waals surface area (Å²) in [4.78, 5) is 0.866. The number of rotatable bonds is 2. The number of halogens is 2. The Morgan fingerprint density at radius 3 is 2.53 bits per heavy atom. The Morgan fingerprint density at radius 1 is 1.20 bits per heavy atom. The van der Waals surface area contributed by atoms with Gasteiger partial charge in [0.2, 0.25) is 0 Å². The zero-order valence-corrected chi connectivity index (χ0v) is 9.36. The van der Waals surface area contributed by atoms with E-state index in [-0.39, 0.29) is 5.82 Å². The Kier molecular flexibility index (Phi) is 3.05. The zero-order chi connectivity index (χ0) is 10.8. The summed E-state index contributed by atoms with van der Waals surface area (Å²) in [5, 5.41) is 0. The average molecular weight is 242 g/mol. The second-order valence-electron chi connectivity index (χ2n) is 3.14. The van der Waals surface area contributed by atoms with Gasteiger partial charge in [0, 0.05) is 10.4 Å². The Bertz CT molecular complexity index is 469. The van der Waals surface area contributed by atoms with Gasteiger partial charge in [-0.1, -0.05) is 29.8 Å². The van der Waals surface area contributed by atoms with Crippen LogP contribution in [0.25, 0.3) is 0 Å². The summed E-state index contributed by atoms with van der Waals surface area (Å²) in [7, 11) is 0. The summed E-state index contributed by atoms with van der Waals surface area (Å²) in [5.74, 6) is -0.283. The van der Waals surface area contributed by atoms with Gasteiger partial charge in [-0.05, 0) is 18.2 Å². The SMILES string of the molecule is NC(c1ccc(Cl)s1)c1ccccc1F. The van der Waals surface area contributed by atoms with E-state index in [9.17, 15) is 4.39 Å². The van der Waals surface area contributed by atoms with Gasteiger partial charge in [0.1, 0.15) is 5.82 Å². The van der Waals surface area contributed by atoms with Crippen molar-refractivity contribution in [2.24, 2.45) is 5.73 Å². The molecule has 0 aliphatic carbocycles. The first-order valence-electron chi connectivity index (χ1n) is 4.43. The number of nitrogens with two attached hydrogens (primary N) is 1. The molecule has 0 saturated carbocycles. The first kappa shape index (κ1) is 10.6. The average Bonchev–Trinajstić information content (AvgIpc) is 2.65. The van der Waals surface area contributed by atoms with Crippen LogP contribution in [0, 0.1) is 5.82 Å². The van der Waals surface area contributed by atoms with Crippen molar-refractivity contribution in [1.29, 1.82) is 0 Å². The van der Waals surface area contributed by atoms with Crippen LogP contribution in [0.15, 0.2) is 36.4 Å². The van der Waals surface area contributed by atoms with Crippen LogP contribution < -0.4 is 5.73 Å². The molecular weight excluding hydrogens is 233 g/mol. The highest BCUT2D eigenvalue weighted by molar-refractivity contribution is 7.16. The largest absolute Gasteiger partial charge is 0.320 e. The summed E-state index contributed by atoms with van der Waals surface area (Å²) in [5.41, 5.74) is 6.44. The van der Waals surface area contributed by atoms with Crippen molar-refractivity contribution in [2.45, 2.75) is 6.04 Å². The summed E-state index contributed by atoms with van der Waals surface area (Å²) in [6.07, 6.45) is 0. The molecular formula is C11H9ClFNS. The molecule has 4 heteroatoms. The van der Waals surface area contributed by atoms with Crippen LogP contribution in [0.4, 0.5) is 4.39 Å². The monoisotopic (exact) mass is 241 g/mol. The van der Waals surface area contributed by atoms with Crippen LogP contribution in [0.5, 0.6) is 0 Å². The summed E-state index contributed by atoms with van der Waals surface area (Å²) >= 11 is 7.17. The van der Waals surface area contributed by atoms with Crippen molar-refractivity contribution in [3.05, 3.63) is 57.0 Å². The van der Waals surface area contributed by atoms with Crippen LogP contribution in [0.2, 0.25) is 4.34 Å². The van der Waals surface area contributed by atoms with Gasteiger partial charge in [0.15, 0.2) is 0 Å². The van der Waals surface area contributed by atoms with Crippen LogP contribution in [-0.2, 0) is 0 Å². The molecule has 0 bridgehead atoms. The lowest BCUT2D eigenvalue weighted by atomic mass is 10.1. The van der Waals surface area contributed by atoms with Crippen molar-refractivity contribution in [2.75, 3.05) is 0 Å². The van der Waals surface area contributed by atoms with E-state index in [0.717, 1.165) is 4.88 Å². The predicted molar refractivity (Wildman–Crippen MR) is 61.8 cm³/mol. The molecule has 1 aromatic carbocycles. The molecule has 0 saturated heterocycles. The minimum absolute atomic E-state index is 0.283. The molecule has 15 heavy (non-hydrogen) atoms. The highest BCUT2D eigenvalue weighted by Gasteiger charge is 2.14. The van der Waals surface area contributed by atoms with E-state index in [1.54, 1.807) is 24.3 Å². The van der Waals surface area contributed by atoms with Crippen molar-refractivity contribution in [1.82, 2.24) is 0 Å². The van der Waals surface area contributed by atoms with E-state index in [1.165, 1.54) is 17.4 Å². The maximum atomic E-state index is 13.4. The van der Waals surface area contributed by atoms with Gasteiger partial charge in [0.05, 0.1) is 10.4 Å². The van der Waals surface area contributed by atoms with E-state index in [1.807, 2.05) is 6.07 Å². The van der Waals surface area contributed by atoms with Gasteiger partial charge in [-0.2, -0.15) is 0 Å². The van der Waals surface area contributed by atoms with E-state index in [4.69, 9.17) is 17.3 Å². The first-order valence-corrected chi connectivity index (χ1v) is 5.63. The fourth-order valence-electron chi connectivity index (χ4n) is 1.38. The van der Waals surface area contributed by atoms with E-state index in [2.05, 4.69) is 0 Å². The van der Waals surface area contributed by atoms with Crippen molar-refractivity contribution in [3.63, 3.8) is 0 Å². The topological polar surface area (TPSA) is 26.0 Å². The zero-order valence-electron chi connectivity index (χ0n) is 7.78. The minimum atomic E-state index is -0.441. The Hall–Kier alpha value is -0.900. The van der Waals surface area contributed by atoms with Gasteiger partial charge in [-0.3, -0.25) is 0 Å². The molecule has 0 amide bonds. The van der Waals surface area contributed by atoms with Crippen molar-refractivity contribution in [3.8, 4) is 0 Å². The summed E-state index contributed by atoms with van der Waals surface area (Å²) in [6, 6.07) is 9.66. The number of benzene rings is 1. The van der Waals surface area contributed by atoms with E-state index < -0.39 is 6.04 Å². The Balaban J connectivity index is 2.36. The second kappa shape index (κ2) is 4.31. The molecule has 1 heterocycles. The van der Waals surface area contributed by atoms with Crippen LogP contribution in [0.1, 0.15) is 16.5 Å². The smallest absolute Gasteiger partial charge is 0.128 e. The second-order valence-corrected chi connectivity index (χ2v) is 4.89. The lowest BCUT2D eigenvalue weighted by Crippen LogP contribution is -2.11. The molecule has 0 aliphatic rings. The summed E-state index contributed by atoms with van der Waals surface area (Å²) < 4.78 is 14.1. The maximum Gasteiger partial charge on any atom is 0.128 e. The van der Waals surface area contributed by atoms with Crippen molar-refractivity contribution >= 4 is 22.9 Å². The molecule has 1 atom stereocenters. The minimum Gasteiger partial charge on any atom is -0.320 e. The van der Waals surface area contributed by atoms with Gasteiger partial charge < -0.3 is 5.73 Å². The van der Waals surface area contributed by atoms with Crippen LogP contribution >= 0.6 is 22.9 Å². The molecule has 0 aliphatic heterocycles. The lowest BCUT2D eigenvalue weighted by Gasteiger charge is -2.10. The molecule has 0 fully saturated rings. The molecule has 2 rings (SSSR count). The van der Waals surface area contributed by atoms with E-state index >= 15 is 0 Å². The third kappa shape index (κ3) is 2.20. The molecule has 2 N–H and O–H groups in total. The molecule has 1 aromatic heterocycles. The lowest BCUT2D eigenvalue weighted by molar-refractivity contribution is 0.601. The number of thiophene rings is 1. The number of hydrogen-bond donors (Lipinski definition) is 1. The third-order valence-electron chi connectivity index (χ3n) is 2.14. The van der Waals surface area contributed by atoms with Gasteiger partial charge in [-0.25, -0.2) is 4.39 Å².